The summed E-state index contributed by atoms with van der Waals surface area (Å²) in [6.45, 7) is 8.01. The third-order valence-electron chi connectivity index (χ3n) is 6.74. The van der Waals surface area contributed by atoms with Crippen molar-refractivity contribution in [1.82, 2.24) is 0 Å². The molecule has 40 heavy (non-hydrogen) atoms. The Balaban J connectivity index is 2.05. The number of carbonyl (C=O) groups is 2. The summed E-state index contributed by atoms with van der Waals surface area (Å²) in [5, 5.41) is 11.7. The molecule has 1 atom stereocenters. The van der Waals surface area contributed by atoms with Gasteiger partial charge in [0.2, 0.25) is 0 Å². The molecule has 4 rings (SSSR count). The fourth-order valence-corrected chi connectivity index (χ4v) is 4.70. The van der Waals surface area contributed by atoms with Crippen LogP contribution in [0.1, 0.15) is 50.4 Å². The van der Waals surface area contributed by atoms with E-state index >= 15 is 4.39 Å². The van der Waals surface area contributed by atoms with Gasteiger partial charge in [-0.15, -0.1) is 0 Å². The number of benzene rings is 3. The van der Waals surface area contributed by atoms with Gasteiger partial charge in [0.15, 0.2) is 11.5 Å². The molecule has 0 aromatic heterocycles. The van der Waals surface area contributed by atoms with Gasteiger partial charge in [-0.1, -0.05) is 32.9 Å². The largest absolute Gasteiger partial charge is 0.507 e. The Morgan fingerprint density at radius 2 is 1.60 bits per heavy atom. The smallest absolute Gasteiger partial charge is 0.300 e. The Bertz CT molecular complexity index is 1510. The van der Waals surface area contributed by atoms with Gasteiger partial charge in [0.05, 0.1) is 43.7 Å². The van der Waals surface area contributed by atoms with Crippen LogP contribution in [0.15, 0.2) is 60.2 Å². The molecule has 1 unspecified atom stereocenters. The molecule has 7 nitrogen and oxygen atoms in total. The van der Waals surface area contributed by atoms with E-state index in [2.05, 4.69) is 0 Å². The molecule has 3 aromatic carbocycles. The minimum atomic E-state index is -1.33. The molecule has 1 amide bonds. The van der Waals surface area contributed by atoms with Gasteiger partial charge in [0.25, 0.3) is 11.7 Å². The third-order valence-corrected chi connectivity index (χ3v) is 6.74. The Labute approximate surface area is 231 Å². The van der Waals surface area contributed by atoms with Crippen molar-refractivity contribution in [2.45, 2.75) is 39.2 Å². The van der Waals surface area contributed by atoms with Crippen LogP contribution in [0.2, 0.25) is 0 Å². The van der Waals surface area contributed by atoms with Crippen molar-refractivity contribution in [3.63, 3.8) is 0 Å². The zero-order chi connectivity index (χ0) is 29.4. The fourth-order valence-electron chi connectivity index (χ4n) is 4.70. The van der Waals surface area contributed by atoms with Crippen LogP contribution in [0, 0.1) is 11.6 Å². The van der Waals surface area contributed by atoms with Crippen molar-refractivity contribution < 1.29 is 37.7 Å². The van der Waals surface area contributed by atoms with Gasteiger partial charge in [0.1, 0.15) is 23.1 Å². The van der Waals surface area contributed by atoms with Crippen molar-refractivity contribution in [3.8, 4) is 17.2 Å². The zero-order valence-electron chi connectivity index (χ0n) is 23.2. The number of halogens is 2. The fraction of sp³-hybridized carbons (Fsp3) is 0.290. The van der Waals surface area contributed by atoms with Crippen molar-refractivity contribution in [2.24, 2.45) is 0 Å². The Morgan fingerprint density at radius 3 is 2.23 bits per heavy atom. The first kappa shape index (κ1) is 28.6. The molecule has 0 saturated carbocycles. The molecule has 0 radical (unpaired) electrons. The lowest BCUT2D eigenvalue weighted by molar-refractivity contribution is -0.132. The molecular formula is C31H31F2NO6. The number of amides is 1. The van der Waals surface area contributed by atoms with E-state index in [9.17, 15) is 19.1 Å². The first-order chi connectivity index (χ1) is 18.9. The number of hydrogen-bond donors (Lipinski definition) is 1. The number of carbonyl (C=O) groups excluding carboxylic acids is 2. The van der Waals surface area contributed by atoms with Crippen LogP contribution in [0.3, 0.4) is 0 Å². The summed E-state index contributed by atoms with van der Waals surface area (Å²) in [6.07, 6.45) is 0. The molecule has 1 saturated heterocycles. The van der Waals surface area contributed by atoms with Crippen molar-refractivity contribution in [2.75, 3.05) is 25.7 Å². The number of nitrogens with zero attached hydrogens (tertiary/aromatic N) is 1. The second kappa shape index (κ2) is 11.0. The minimum Gasteiger partial charge on any atom is -0.507 e. The van der Waals surface area contributed by atoms with E-state index in [1.807, 2.05) is 26.8 Å². The predicted octanol–water partition coefficient (Wildman–Crippen LogP) is 6.30. The lowest BCUT2D eigenvalue weighted by Crippen LogP contribution is -2.30. The van der Waals surface area contributed by atoms with E-state index in [1.54, 1.807) is 37.3 Å². The number of rotatable bonds is 7. The maximum Gasteiger partial charge on any atom is 0.300 e. The highest BCUT2D eigenvalue weighted by Gasteiger charge is 2.48. The summed E-state index contributed by atoms with van der Waals surface area (Å²) in [6, 6.07) is 11.1. The third kappa shape index (κ3) is 5.11. The average molecular weight is 552 g/mol. The molecule has 9 heteroatoms. The van der Waals surface area contributed by atoms with Crippen molar-refractivity contribution >= 4 is 23.1 Å². The number of aliphatic hydroxyl groups is 1. The normalized spacial score (nSPS) is 16.8. The minimum absolute atomic E-state index is 0.177. The number of methoxy groups -OCH3 is 2. The summed E-state index contributed by atoms with van der Waals surface area (Å²) in [4.78, 5) is 27.9. The van der Waals surface area contributed by atoms with Gasteiger partial charge in [-0.3, -0.25) is 14.5 Å². The quantitative estimate of drug-likeness (QED) is 0.211. The summed E-state index contributed by atoms with van der Waals surface area (Å²) < 4.78 is 45.9. The molecule has 1 heterocycles. The van der Waals surface area contributed by atoms with Gasteiger partial charge in [0, 0.05) is 6.07 Å². The van der Waals surface area contributed by atoms with Crippen LogP contribution >= 0.6 is 0 Å². The molecule has 1 N–H and O–H groups in total. The van der Waals surface area contributed by atoms with Gasteiger partial charge >= 0.3 is 0 Å². The molecule has 210 valence electrons. The van der Waals surface area contributed by atoms with E-state index in [1.165, 1.54) is 14.2 Å². The van der Waals surface area contributed by atoms with E-state index in [4.69, 9.17) is 14.2 Å². The van der Waals surface area contributed by atoms with E-state index in [0.29, 0.717) is 17.1 Å². The molecule has 3 aromatic rings. The van der Waals surface area contributed by atoms with Gasteiger partial charge in [-0.25, -0.2) is 8.78 Å². The highest BCUT2D eigenvalue weighted by Crippen LogP contribution is 2.46. The molecule has 1 aliphatic heterocycles. The maximum absolute atomic E-state index is 15.1. The number of ketones is 1. The monoisotopic (exact) mass is 551 g/mol. The average Bonchev–Trinajstić information content (AvgIpc) is 3.18. The topological polar surface area (TPSA) is 85.3 Å². The number of aliphatic hydroxyl groups excluding tert-OH is 1. The summed E-state index contributed by atoms with van der Waals surface area (Å²) in [5.74, 6) is -3.48. The van der Waals surface area contributed by atoms with Crippen LogP contribution in [-0.4, -0.2) is 37.6 Å². The molecule has 1 fully saturated rings. The lowest BCUT2D eigenvalue weighted by atomic mass is 9.85. The number of ether oxygens (including phenoxy) is 3. The van der Waals surface area contributed by atoms with Crippen molar-refractivity contribution in [3.05, 3.63) is 88.5 Å². The lowest BCUT2D eigenvalue weighted by Gasteiger charge is -2.27. The molecule has 0 aliphatic carbocycles. The van der Waals surface area contributed by atoms with Crippen LogP contribution < -0.4 is 19.1 Å². The van der Waals surface area contributed by atoms with Crippen LogP contribution in [0.25, 0.3) is 5.76 Å². The van der Waals surface area contributed by atoms with E-state index in [-0.39, 0.29) is 28.9 Å². The SMILES string of the molecule is CCOc1cc(C2/C(=C(\O)c3cc(C(C)(C)C)ccc3OC)C(=O)C(=O)N2c2cc(F)ccc2F)ccc1OC. The van der Waals surface area contributed by atoms with Gasteiger partial charge in [-0.05, 0) is 59.9 Å². The second-order valence-electron chi connectivity index (χ2n) is 10.3. The Hall–Kier alpha value is -4.40. The summed E-state index contributed by atoms with van der Waals surface area (Å²) in [7, 11) is 2.87. The molecule has 1 aliphatic rings. The maximum atomic E-state index is 15.1. The first-order valence-electron chi connectivity index (χ1n) is 12.7. The molecular weight excluding hydrogens is 520 g/mol. The van der Waals surface area contributed by atoms with Crippen LogP contribution in [-0.2, 0) is 15.0 Å². The number of Topliss-reactive ketones (excluding diaryl/α,β-unsaturated/α-hetero) is 1. The molecule has 0 bridgehead atoms. The van der Waals surface area contributed by atoms with Gasteiger partial charge < -0.3 is 19.3 Å². The standard InChI is InChI=1S/C31H31F2NO6/c1-7-40-25-14-17(8-12-24(25)39-6)27-26(28(35)20-15-18(31(2,3)4)9-13-23(20)38-5)29(36)30(37)34(27)22-16-19(32)10-11-21(22)33/h8-16,27,35H,7H2,1-6H3/b28-26+. The predicted molar refractivity (Wildman–Crippen MR) is 147 cm³/mol. The van der Waals surface area contributed by atoms with Gasteiger partial charge in [-0.2, -0.15) is 0 Å². The Morgan fingerprint density at radius 1 is 0.925 bits per heavy atom. The van der Waals surface area contributed by atoms with Crippen molar-refractivity contribution in [1.29, 1.82) is 0 Å². The van der Waals surface area contributed by atoms with E-state index in [0.717, 1.165) is 28.7 Å². The van der Waals surface area contributed by atoms with Crippen LogP contribution in [0.4, 0.5) is 14.5 Å². The summed E-state index contributed by atoms with van der Waals surface area (Å²) >= 11 is 0. The Kier molecular flexibility index (Phi) is 7.86. The highest BCUT2D eigenvalue weighted by molar-refractivity contribution is 6.51. The first-order valence-corrected chi connectivity index (χ1v) is 12.7. The zero-order valence-corrected chi connectivity index (χ0v) is 23.2. The number of hydrogen-bond acceptors (Lipinski definition) is 6. The van der Waals surface area contributed by atoms with Crippen LogP contribution in [0.5, 0.6) is 17.2 Å². The number of anilines is 1. The summed E-state index contributed by atoms with van der Waals surface area (Å²) in [5.41, 5.74) is 0.233. The highest BCUT2D eigenvalue weighted by atomic mass is 19.1. The molecule has 0 spiro atoms. The van der Waals surface area contributed by atoms with E-state index < -0.39 is 40.8 Å². The second-order valence-corrected chi connectivity index (χ2v) is 10.3.